The van der Waals surface area contributed by atoms with Crippen LogP contribution in [0.4, 0.5) is 16.0 Å². The van der Waals surface area contributed by atoms with Gasteiger partial charge in [0.2, 0.25) is 5.95 Å². The van der Waals surface area contributed by atoms with E-state index in [2.05, 4.69) is 32.3 Å². The van der Waals surface area contributed by atoms with Crippen molar-refractivity contribution in [3.63, 3.8) is 0 Å². The van der Waals surface area contributed by atoms with Gasteiger partial charge in [-0.25, -0.2) is 14.4 Å². The molecule has 1 amide bonds. The molecule has 0 spiro atoms. The molecule has 4 rings (SSSR count). The molecule has 0 aliphatic carbocycles. The first-order valence-corrected chi connectivity index (χ1v) is 9.34. The Morgan fingerprint density at radius 2 is 1.93 bits per heavy atom. The maximum absolute atomic E-state index is 13.0. The summed E-state index contributed by atoms with van der Waals surface area (Å²) in [7, 11) is 0. The number of hydrogen-bond donors (Lipinski definition) is 1. The maximum atomic E-state index is 13.0. The molecule has 0 atom stereocenters. The van der Waals surface area contributed by atoms with Gasteiger partial charge in [0.15, 0.2) is 0 Å². The summed E-state index contributed by atoms with van der Waals surface area (Å²) in [5, 5.41) is 2.88. The van der Waals surface area contributed by atoms with Gasteiger partial charge in [0.05, 0.1) is 0 Å². The highest BCUT2D eigenvalue weighted by Gasteiger charge is 2.23. The number of aromatic nitrogens is 2. The van der Waals surface area contributed by atoms with Crippen molar-refractivity contribution >= 4 is 17.5 Å². The lowest BCUT2D eigenvalue weighted by Crippen LogP contribution is -2.28. The first kappa shape index (κ1) is 18.1. The zero-order valence-electron chi connectivity index (χ0n) is 15.7. The van der Waals surface area contributed by atoms with Crippen LogP contribution in [-0.4, -0.2) is 29.0 Å². The van der Waals surface area contributed by atoms with Crippen LogP contribution in [0, 0.1) is 12.7 Å². The normalized spacial score (nSPS) is 12.7. The fourth-order valence-electron chi connectivity index (χ4n) is 3.40. The minimum atomic E-state index is -0.264. The van der Waals surface area contributed by atoms with Gasteiger partial charge >= 0.3 is 0 Å². The smallest absolute Gasteiger partial charge is 0.270 e. The SMILES string of the molecule is Cc1cc(C(=O)NCCc2ccc(F)cc2)nc(N2CCc3ccccc32)n1. The highest BCUT2D eigenvalue weighted by Crippen LogP contribution is 2.32. The largest absolute Gasteiger partial charge is 0.350 e. The highest BCUT2D eigenvalue weighted by atomic mass is 19.1. The number of fused-ring (bicyclic) bond motifs is 1. The summed E-state index contributed by atoms with van der Waals surface area (Å²) in [5.41, 5.74) is 4.42. The molecule has 6 heteroatoms. The van der Waals surface area contributed by atoms with Gasteiger partial charge in [0, 0.05) is 24.5 Å². The van der Waals surface area contributed by atoms with Crippen LogP contribution in [0.15, 0.2) is 54.6 Å². The molecule has 3 aromatic rings. The number of rotatable bonds is 5. The average molecular weight is 376 g/mol. The number of hydrogen-bond acceptors (Lipinski definition) is 4. The molecule has 2 aromatic carbocycles. The first-order valence-electron chi connectivity index (χ1n) is 9.34. The molecule has 0 saturated heterocycles. The van der Waals surface area contributed by atoms with Gasteiger partial charge in [0.1, 0.15) is 11.5 Å². The minimum Gasteiger partial charge on any atom is -0.350 e. The molecule has 28 heavy (non-hydrogen) atoms. The Morgan fingerprint density at radius 3 is 2.75 bits per heavy atom. The average Bonchev–Trinajstić information content (AvgIpc) is 3.13. The van der Waals surface area contributed by atoms with Gasteiger partial charge in [0.25, 0.3) is 5.91 Å². The molecule has 142 valence electrons. The number of carbonyl (C=O) groups excluding carboxylic acids is 1. The van der Waals surface area contributed by atoms with E-state index in [0.29, 0.717) is 24.6 Å². The topological polar surface area (TPSA) is 58.1 Å². The zero-order valence-corrected chi connectivity index (χ0v) is 15.7. The summed E-state index contributed by atoms with van der Waals surface area (Å²) in [5.74, 6) is 0.0511. The lowest BCUT2D eigenvalue weighted by atomic mass is 10.1. The number of nitrogens with one attached hydrogen (secondary N) is 1. The second-order valence-corrected chi connectivity index (χ2v) is 6.86. The minimum absolute atomic E-state index is 0.235. The Morgan fingerprint density at radius 1 is 1.14 bits per heavy atom. The predicted molar refractivity (Wildman–Crippen MR) is 106 cm³/mol. The van der Waals surface area contributed by atoms with Gasteiger partial charge in [-0.2, -0.15) is 0 Å². The van der Waals surface area contributed by atoms with E-state index in [1.165, 1.54) is 17.7 Å². The summed E-state index contributed by atoms with van der Waals surface area (Å²) >= 11 is 0. The van der Waals surface area contributed by atoms with E-state index in [-0.39, 0.29) is 11.7 Å². The third kappa shape index (κ3) is 3.86. The number of amides is 1. The van der Waals surface area contributed by atoms with Crippen LogP contribution in [0.5, 0.6) is 0 Å². The standard InChI is InChI=1S/C22H21FN4O/c1-15-14-19(21(28)24-12-10-16-6-8-18(23)9-7-16)26-22(25-15)27-13-11-17-4-2-3-5-20(17)27/h2-9,14H,10-13H2,1H3,(H,24,28). The van der Waals surface area contributed by atoms with Crippen molar-refractivity contribution in [2.45, 2.75) is 19.8 Å². The molecule has 1 aliphatic rings. The van der Waals surface area contributed by atoms with Crippen molar-refractivity contribution in [1.29, 1.82) is 0 Å². The van der Waals surface area contributed by atoms with Crippen molar-refractivity contribution < 1.29 is 9.18 Å². The molecule has 1 aliphatic heterocycles. The summed E-state index contributed by atoms with van der Waals surface area (Å²) in [6, 6.07) is 16.2. The van der Waals surface area contributed by atoms with Crippen LogP contribution < -0.4 is 10.2 Å². The maximum Gasteiger partial charge on any atom is 0.270 e. The van der Waals surface area contributed by atoms with E-state index in [1.807, 2.05) is 19.1 Å². The van der Waals surface area contributed by atoms with E-state index in [9.17, 15) is 9.18 Å². The quantitative estimate of drug-likeness (QED) is 0.739. The zero-order chi connectivity index (χ0) is 19.5. The van der Waals surface area contributed by atoms with Gasteiger partial charge in [-0.3, -0.25) is 4.79 Å². The van der Waals surface area contributed by atoms with Gasteiger partial charge in [-0.1, -0.05) is 30.3 Å². The highest BCUT2D eigenvalue weighted by molar-refractivity contribution is 5.92. The lowest BCUT2D eigenvalue weighted by molar-refractivity contribution is 0.0949. The Kier molecular flexibility index (Phi) is 5.02. The molecule has 0 fully saturated rings. The molecular weight excluding hydrogens is 355 g/mol. The van der Waals surface area contributed by atoms with Gasteiger partial charge in [-0.15, -0.1) is 0 Å². The summed E-state index contributed by atoms with van der Waals surface area (Å²) in [6.07, 6.45) is 1.56. The number of carbonyl (C=O) groups is 1. The second-order valence-electron chi connectivity index (χ2n) is 6.86. The number of nitrogens with zero attached hydrogens (tertiary/aromatic N) is 3. The van der Waals surface area contributed by atoms with Gasteiger partial charge < -0.3 is 10.2 Å². The molecule has 0 bridgehead atoms. The van der Waals surface area contributed by atoms with Crippen LogP contribution in [0.2, 0.25) is 0 Å². The van der Waals surface area contributed by atoms with Crippen molar-refractivity contribution in [2.75, 3.05) is 18.0 Å². The fraction of sp³-hybridized carbons (Fsp3) is 0.227. The Labute approximate surface area is 163 Å². The Balaban J connectivity index is 1.46. The Hall–Kier alpha value is -3.28. The first-order chi connectivity index (χ1) is 13.6. The predicted octanol–water partition coefficient (Wildman–Crippen LogP) is 3.59. The molecule has 0 saturated carbocycles. The number of benzene rings is 2. The van der Waals surface area contributed by atoms with Gasteiger partial charge in [-0.05, 0) is 55.2 Å². The van der Waals surface area contributed by atoms with E-state index in [0.717, 1.165) is 29.9 Å². The van der Waals surface area contributed by atoms with Crippen molar-refractivity contribution in [1.82, 2.24) is 15.3 Å². The third-order valence-corrected chi connectivity index (χ3v) is 4.82. The Bertz CT molecular complexity index is 1000. The number of aryl methyl sites for hydroxylation is 1. The van der Waals surface area contributed by atoms with E-state index in [1.54, 1.807) is 18.2 Å². The summed E-state index contributed by atoms with van der Waals surface area (Å²) in [4.78, 5) is 23.7. The lowest BCUT2D eigenvalue weighted by Gasteiger charge is -2.18. The van der Waals surface area contributed by atoms with Crippen LogP contribution in [0.25, 0.3) is 0 Å². The van der Waals surface area contributed by atoms with E-state index >= 15 is 0 Å². The number of para-hydroxylation sites is 1. The third-order valence-electron chi connectivity index (χ3n) is 4.82. The molecule has 1 aromatic heterocycles. The second kappa shape index (κ2) is 7.76. The molecule has 5 nitrogen and oxygen atoms in total. The number of anilines is 2. The summed E-state index contributed by atoms with van der Waals surface area (Å²) in [6.45, 7) is 3.12. The van der Waals surface area contributed by atoms with Crippen molar-refractivity contribution in [3.05, 3.63) is 82.9 Å². The molecule has 0 unspecified atom stereocenters. The molecular formula is C22H21FN4O. The van der Waals surface area contributed by atoms with E-state index < -0.39 is 0 Å². The number of halogens is 1. The van der Waals surface area contributed by atoms with Crippen LogP contribution in [-0.2, 0) is 12.8 Å². The van der Waals surface area contributed by atoms with Crippen LogP contribution in [0.1, 0.15) is 27.3 Å². The van der Waals surface area contributed by atoms with Crippen LogP contribution >= 0.6 is 0 Å². The summed E-state index contributed by atoms with van der Waals surface area (Å²) < 4.78 is 13.0. The van der Waals surface area contributed by atoms with Crippen LogP contribution in [0.3, 0.4) is 0 Å². The molecule has 1 N–H and O–H groups in total. The van der Waals surface area contributed by atoms with Crippen molar-refractivity contribution in [2.24, 2.45) is 0 Å². The fourth-order valence-corrected chi connectivity index (χ4v) is 3.40. The van der Waals surface area contributed by atoms with Crippen molar-refractivity contribution in [3.8, 4) is 0 Å². The monoisotopic (exact) mass is 376 g/mol. The molecule has 2 heterocycles. The molecule has 0 radical (unpaired) electrons. The van der Waals surface area contributed by atoms with E-state index in [4.69, 9.17) is 0 Å².